The fourth-order valence-electron chi connectivity index (χ4n) is 1.35. The van der Waals surface area contributed by atoms with Crippen LogP contribution < -0.4 is 11.1 Å². The van der Waals surface area contributed by atoms with E-state index >= 15 is 0 Å². The quantitative estimate of drug-likeness (QED) is 0.565. The zero-order valence-electron chi connectivity index (χ0n) is 10.3. The first-order valence-electron chi connectivity index (χ1n) is 5.51. The summed E-state index contributed by atoms with van der Waals surface area (Å²) in [6.07, 6.45) is 0. The molecule has 1 aromatic rings. The van der Waals surface area contributed by atoms with E-state index in [4.69, 9.17) is 15.2 Å². The van der Waals surface area contributed by atoms with Gasteiger partial charge in [-0.15, -0.1) is 0 Å². The molecular formula is C12H19FN2O2. The third-order valence-corrected chi connectivity index (χ3v) is 2.32. The maximum atomic E-state index is 13.1. The van der Waals surface area contributed by atoms with E-state index in [1.54, 1.807) is 20.1 Å². The topological polar surface area (TPSA) is 56.5 Å². The number of hydrogen-bond donors (Lipinski definition) is 2. The molecule has 4 nitrogen and oxygen atoms in total. The Balaban J connectivity index is 2.34. The van der Waals surface area contributed by atoms with Gasteiger partial charge in [-0.1, -0.05) is 0 Å². The van der Waals surface area contributed by atoms with E-state index in [0.717, 1.165) is 5.69 Å². The van der Waals surface area contributed by atoms with Crippen molar-refractivity contribution in [2.45, 2.75) is 6.92 Å². The van der Waals surface area contributed by atoms with Crippen LogP contribution in [0.5, 0.6) is 0 Å². The van der Waals surface area contributed by atoms with Gasteiger partial charge in [0.25, 0.3) is 0 Å². The number of methoxy groups -OCH3 is 1. The summed E-state index contributed by atoms with van der Waals surface area (Å²) < 4.78 is 23.3. The number of nitrogens with one attached hydrogen (secondary N) is 1. The van der Waals surface area contributed by atoms with Crippen LogP contribution in [-0.4, -0.2) is 33.5 Å². The lowest BCUT2D eigenvalue weighted by Gasteiger charge is -2.11. The molecular weight excluding hydrogens is 223 g/mol. The molecule has 1 aromatic carbocycles. The Morgan fingerprint density at radius 1 is 1.29 bits per heavy atom. The molecule has 0 aliphatic carbocycles. The van der Waals surface area contributed by atoms with E-state index in [2.05, 4.69) is 5.32 Å². The van der Waals surface area contributed by atoms with Crippen molar-refractivity contribution in [3.05, 3.63) is 23.5 Å². The summed E-state index contributed by atoms with van der Waals surface area (Å²) in [5.74, 6) is -0.288. The summed E-state index contributed by atoms with van der Waals surface area (Å²) in [6.45, 7) is 4.03. The van der Waals surface area contributed by atoms with Gasteiger partial charge in [0.05, 0.1) is 31.2 Å². The summed E-state index contributed by atoms with van der Waals surface area (Å²) in [5.41, 5.74) is 7.40. The zero-order valence-corrected chi connectivity index (χ0v) is 10.3. The second-order valence-electron chi connectivity index (χ2n) is 3.72. The predicted octanol–water partition coefficient (Wildman–Crippen LogP) is 1.79. The Morgan fingerprint density at radius 3 is 2.76 bits per heavy atom. The lowest BCUT2D eigenvalue weighted by atomic mass is 10.2. The number of benzene rings is 1. The predicted molar refractivity (Wildman–Crippen MR) is 66.7 cm³/mol. The third-order valence-electron chi connectivity index (χ3n) is 2.32. The Labute approximate surface area is 101 Å². The smallest absolute Gasteiger partial charge is 0.128 e. The number of ether oxygens (including phenoxy) is 2. The van der Waals surface area contributed by atoms with E-state index in [1.807, 2.05) is 0 Å². The van der Waals surface area contributed by atoms with Gasteiger partial charge in [-0.05, 0) is 24.6 Å². The van der Waals surface area contributed by atoms with Gasteiger partial charge in [0.1, 0.15) is 5.82 Å². The number of nitrogen functional groups attached to an aromatic ring is 1. The Morgan fingerprint density at radius 2 is 2.06 bits per heavy atom. The average molecular weight is 242 g/mol. The minimum atomic E-state index is -0.288. The van der Waals surface area contributed by atoms with E-state index in [-0.39, 0.29) is 5.82 Å². The maximum Gasteiger partial charge on any atom is 0.128 e. The second kappa shape index (κ2) is 7.09. The maximum absolute atomic E-state index is 13.1. The summed E-state index contributed by atoms with van der Waals surface area (Å²) in [7, 11) is 1.63. The SMILES string of the molecule is COCCOCCNc1cc(C)c(F)cc1N. The van der Waals surface area contributed by atoms with E-state index in [1.165, 1.54) is 6.07 Å². The molecule has 0 aliphatic heterocycles. The van der Waals surface area contributed by atoms with Crippen molar-refractivity contribution in [3.63, 3.8) is 0 Å². The van der Waals surface area contributed by atoms with Crippen LogP contribution in [0.25, 0.3) is 0 Å². The highest BCUT2D eigenvalue weighted by Gasteiger charge is 2.03. The number of hydrogen-bond acceptors (Lipinski definition) is 4. The van der Waals surface area contributed by atoms with Gasteiger partial charge in [-0.25, -0.2) is 4.39 Å². The first kappa shape index (κ1) is 13.7. The number of anilines is 2. The zero-order chi connectivity index (χ0) is 12.7. The van der Waals surface area contributed by atoms with Gasteiger partial charge in [-0.3, -0.25) is 0 Å². The summed E-state index contributed by atoms with van der Waals surface area (Å²) in [6, 6.07) is 3.02. The van der Waals surface area contributed by atoms with Crippen LogP contribution in [0.15, 0.2) is 12.1 Å². The molecule has 0 aromatic heterocycles. The van der Waals surface area contributed by atoms with Crippen LogP contribution in [-0.2, 0) is 9.47 Å². The molecule has 5 heteroatoms. The first-order chi connectivity index (χ1) is 8.15. The van der Waals surface area contributed by atoms with Crippen molar-refractivity contribution in [2.75, 3.05) is 44.5 Å². The van der Waals surface area contributed by atoms with Crippen molar-refractivity contribution in [2.24, 2.45) is 0 Å². The Bertz CT molecular complexity index is 359. The molecule has 17 heavy (non-hydrogen) atoms. The van der Waals surface area contributed by atoms with E-state index in [0.29, 0.717) is 37.6 Å². The number of halogens is 1. The summed E-state index contributed by atoms with van der Waals surface area (Å²) in [4.78, 5) is 0. The molecule has 0 aliphatic rings. The molecule has 0 atom stereocenters. The summed E-state index contributed by atoms with van der Waals surface area (Å²) >= 11 is 0. The minimum Gasteiger partial charge on any atom is -0.397 e. The van der Waals surface area contributed by atoms with E-state index < -0.39 is 0 Å². The van der Waals surface area contributed by atoms with Crippen LogP contribution in [0.4, 0.5) is 15.8 Å². The van der Waals surface area contributed by atoms with Crippen molar-refractivity contribution < 1.29 is 13.9 Å². The van der Waals surface area contributed by atoms with Crippen LogP contribution in [0.1, 0.15) is 5.56 Å². The molecule has 0 saturated carbocycles. The number of rotatable bonds is 7. The van der Waals surface area contributed by atoms with Gasteiger partial charge in [0.15, 0.2) is 0 Å². The molecule has 0 heterocycles. The van der Waals surface area contributed by atoms with Crippen molar-refractivity contribution >= 4 is 11.4 Å². The third kappa shape index (κ3) is 4.58. The molecule has 0 unspecified atom stereocenters. The molecule has 0 radical (unpaired) electrons. The molecule has 0 saturated heterocycles. The van der Waals surface area contributed by atoms with Crippen LogP contribution in [0, 0.1) is 12.7 Å². The van der Waals surface area contributed by atoms with Gasteiger partial charge in [0, 0.05) is 13.7 Å². The molecule has 3 N–H and O–H groups in total. The fraction of sp³-hybridized carbons (Fsp3) is 0.500. The fourth-order valence-corrected chi connectivity index (χ4v) is 1.35. The number of aryl methyl sites for hydroxylation is 1. The lowest BCUT2D eigenvalue weighted by Crippen LogP contribution is -2.13. The monoisotopic (exact) mass is 242 g/mol. The molecule has 1 rings (SSSR count). The normalized spacial score (nSPS) is 10.5. The van der Waals surface area contributed by atoms with Gasteiger partial charge in [-0.2, -0.15) is 0 Å². The molecule has 0 bridgehead atoms. The van der Waals surface area contributed by atoms with Crippen molar-refractivity contribution in [1.29, 1.82) is 0 Å². The molecule has 0 spiro atoms. The minimum absolute atomic E-state index is 0.288. The molecule has 0 fully saturated rings. The van der Waals surface area contributed by atoms with Crippen LogP contribution >= 0.6 is 0 Å². The highest BCUT2D eigenvalue weighted by atomic mass is 19.1. The molecule has 96 valence electrons. The average Bonchev–Trinajstić information content (AvgIpc) is 2.30. The van der Waals surface area contributed by atoms with E-state index in [9.17, 15) is 4.39 Å². The Hall–Kier alpha value is -1.33. The highest BCUT2D eigenvalue weighted by molar-refractivity contribution is 5.67. The van der Waals surface area contributed by atoms with Crippen molar-refractivity contribution in [3.8, 4) is 0 Å². The van der Waals surface area contributed by atoms with Gasteiger partial charge >= 0.3 is 0 Å². The van der Waals surface area contributed by atoms with Crippen LogP contribution in [0.2, 0.25) is 0 Å². The molecule has 0 amide bonds. The Kier molecular flexibility index (Phi) is 5.72. The van der Waals surface area contributed by atoms with Gasteiger partial charge in [0.2, 0.25) is 0 Å². The second-order valence-corrected chi connectivity index (χ2v) is 3.72. The lowest BCUT2D eigenvalue weighted by molar-refractivity contribution is 0.0759. The highest BCUT2D eigenvalue weighted by Crippen LogP contribution is 2.22. The largest absolute Gasteiger partial charge is 0.397 e. The first-order valence-corrected chi connectivity index (χ1v) is 5.51. The van der Waals surface area contributed by atoms with Crippen LogP contribution in [0.3, 0.4) is 0 Å². The van der Waals surface area contributed by atoms with Crippen molar-refractivity contribution in [1.82, 2.24) is 0 Å². The van der Waals surface area contributed by atoms with Gasteiger partial charge < -0.3 is 20.5 Å². The standard InChI is InChI=1S/C12H19FN2O2/c1-9-7-12(11(14)8-10(9)13)15-3-4-17-6-5-16-2/h7-8,15H,3-6,14H2,1-2H3. The number of nitrogens with two attached hydrogens (primary N) is 1. The summed E-state index contributed by atoms with van der Waals surface area (Å²) in [5, 5.41) is 3.10.